The maximum absolute atomic E-state index is 13.8. The van der Waals surface area contributed by atoms with Gasteiger partial charge < -0.3 is 18.6 Å². The summed E-state index contributed by atoms with van der Waals surface area (Å²) in [7, 11) is -3.42. The van der Waals surface area contributed by atoms with Crippen LogP contribution in [-0.4, -0.2) is 34.8 Å². The van der Waals surface area contributed by atoms with Gasteiger partial charge in [0.15, 0.2) is 23.3 Å². The summed E-state index contributed by atoms with van der Waals surface area (Å²) in [5, 5.41) is 2.25. The van der Waals surface area contributed by atoms with Crippen LogP contribution in [0.15, 0.2) is 0 Å². The molecule has 0 spiro atoms. The second kappa shape index (κ2) is 10.8. The fraction of sp³-hybridized carbons (Fsp3) is 0.625. The average Bonchev–Trinajstić information content (AvgIpc) is 2.65. The first-order valence-corrected chi connectivity index (χ1v) is 10.4. The molecule has 0 saturated heterocycles. The van der Waals surface area contributed by atoms with Crippen LogP contribution in [-0.2, 0) is 13.3 Å². The van der Waals surface area contributed by atoms with E-state index in [-0.39, 0.29) is 26.0 Å². The van der Waals surface area contributed by atoms with Gasteiger partial charge in [-0.05, 0) is 19.3 Å². The standard InChI is InChI=1S/C16H24F5NO3Si/c1-4-7-23-26(24-8-5-2,25-9-6-3)10-22-16-14(20)12(18)11(17)13(19)15(16)21/h22H,4-10H2,1-3H3. The van der Waals surface area contributed by atoms with E-state index in [4.69, 9.17) is 13.3 Å². The van der Waals surface area contributed by atoms with E-state index in [1.807, 2.05) is 20.8 Å². The highest BCUT2D eigenvalue weighted by Crippen LogP contribution is 2.27. The van der Waals surface area contributed by atoms with E-state index < -0.39 is 43.6 Å². The lowest BCUT2D eigenvalue weighted by Gasteiger charge is -2.30. The zero-order valence-electron chi connectivity index (χ0n) is 15.1. The van der Waals surface area contributed by atoms with Crippen LogP contribution in [0.2, 0.25) is 0 Å². The Bertz CT molecular complexity index is 541. The number of hydrogen-bond acceptors (Lipinski definition) is 4. The molecule has 0 heterocycles. The number of rotatable bonds is 12. The van der Waals surface area contributed by atoms with E-state index in [2.05, 4.69) is 5.32 Å². The van der Waals surface area contributed by atoms with E-state index in [1.54, 1.807) is 0 Å². The summed E-state index contributed by atoms with van der Waals surface area (Å²) in [5.74, 6) is -10.1. The highest BCUT2D eigenvalue weighted by molar-refractivity contribution is 6.61. The van der Waals surface area contributed by atoms with Crippen molar-refractivity contribution in [2.45, 2.75) is 40.0 Å². The van der Waals surface area contributed by atoms with Crippen LogP contribution in [0.1, 0.15) is 40.0 Å². The molecule has 10 heteroatoms. The van der Waals surface area contributed by atoms with Crippen molar-refractivity contribution in [3.8, 4) is 0 Å². The molecular weight excluding hydrogens is 377 g/mol. The third kappa shape index (κ3) is 5.63. The smallest absolute Gasteiger partial charge is 0.376 e. The number of anilines is 1. The molecule has 0 atom stereocenters. The molecule has 0 unspecified atom stereocenters. The number of benzene rings is 1. The Morgan fingerprint density at radius 3 is 1.35 bits per heavy atom. The summed E-state index contributed by atoms with van der Waals surface area (Å²) in [6.07, 6.45) is 1.60. The van der Waals surface area contributed by atoms with Crippen LogP contribution in [0.25, 0.3) is 0 Å². The molecule has 0 aromatic heterocycles. The molecule has 26 heavy (non-hydrogen) atoms. The highest BCUT2D eigenvalue weighted by Gasteiger charge is 2.42. The Morgan fingerprint density at radius 1 is 0.654 bits per heavy atom. The maximum atomic E-state index is 13.8. The zero-order valence-corrected chi connectivity index (χ0v) is 16.1. The van der Waals surface area contributed by atoms with Gasteiger partial charge in [-0.1, -0.05) is 20.8 Å². The summed E-state index contributed by atoms with van der Waals surface area (Å²) in [4.78, 5) is 0. The normalized spacial score (nSPS) is 11.8. The summed E-state index contributed by atoms with van der Waals surface area (Å²) >= 11 is 0. The summed E-state index contributed by atoms with van der Waals surface area (Å²) in [5.41, 5.74) is -1.13. The van der Waals surface area contributed by atoms with Gasteiger partial charge in [-0.25, -0.2) is 22.0 Å². The first-order valence-electron chi connectivity index (χ1n) is 8.50. The van der Waals surface area contributed by atoms with Crippen LogP contribution in [0, 0.1) is 29.1 Å². The summed E-state index contributed by atoms with van der Waals surface area (Å²) in [6, 6.07) is 0. The van der Waals surface area contributed by atoms with Gasteiger partial charge in [0.25, 0.3) is 0 Å². The van der Waals surface area contributed by atoms with E-state index in [0.717, 1.165) is 0 Å². The topological polar surface area (TPSA) is 39.7 Å². The van der Waals surface area contributed by atoms with Gasteiger partial charge in [0.2, 0.25) is 5.82 Å². The van der Waals surface area contributed by atoms with Crippen molar-refractivity contribution in [2.75, 3.05) is 31.3 Å². The monoisotopic (exact) mass is 401 g/mol. The molecule has 150 valence electrons. The molecule has 0 saturated carbocycles. The van der Waals surface area contributed by atoms with E-state index >= 15 is 0 Å². The third-order valence-electron chi connectivity index (χ3n) is 3.27. The second-order valence-corrected chi connectivity index (χ2v) is 8.11. The van der Waals surface area contributed by atoms with Crippen LogP contribution in [0.5, 0.6) is 0 Å². The van der Waals surface area contributed by atoms with E-state index in [1.165, 1.54) is 0 Å². The SMILES string of the molecule is CCCO[Si](CNc1c(F)c(F)c(F)c(F)c1F)(OCCC)OCCC. The molecule has 0 radical (unpaired) electrons. The number of nitrogens with one attached hydrogen (secondary N) is 1. The summed E-state index contributed by atoms with van der Waals surface area (Å²) < 4.78 is 84.6. The van der Waals surface area contributed by atoms with Crippen molar-refractivity contribution in [1.29, 1.82) is 0 Å². The number of hydrogen-bond donors (Lipinski definition) is 1. The van der Waals surface area contributed by atoms with Crippen LogP contribution in [0.3, 0.4) is 0 Å². The minimum atomic E-state index is -3.42. The van der Waals surface area contributed by atoms with Gasteiger partial charge in [-0.2, -0.15) is 0 Å². The van der Waals surface area contributed by atoms with Crippen molar-refractivity contribution in [3.05, 3.63) is 29.1 Å². The molecule has 0 bridgehead atoms. The summed E-state index contributed by atoms with van der Waals surface area (Å²) in [6.45, 7) is 6.40. The number of halogens is 5. The van der Waals surface area contributed by atoms with Crippen LogP contribution >= 0.6 is 0 Å². The minimum absolute atomic E-state index is 0.276. The van der Waals surface area contributed by atoms with Crippen molar-refractivity contribution < 1.29 is 35.2 Å². The fourth-order valence-electron chi connectivity index (χ4n) is 2.01. The molecule has 1 aromatic carbocycles. The van der Waals surface area contributed by atoms with Gasteiger partial charge in [-0.3, -0.25) is 0 Å². The lowest BCUT2D eigenvalue weighted by atomic mass is 10.2. The van der Waals surface area contributed by atoms with Gasteiger partial charge in [0, 0.05) is 19.8 Å². The van der Waals surface area contributed by atoms with Gasteiger partial charge in [0.1, 0.15) is 5.69 Å². The molecule has 1 N–H and O–H groups in total. The Balaban J connectivity index is 3.11. The first kappa shape index (κ1) is 22.8. The Kier molecular flexibility index (Phi) is 9.48. The molecular formula is C16H24F5NO3Si. The predicted octanol–water partition coefficient (Wildman–Crippen LogP) is 4.55. The third-order valence-corrected chi connectivity index (χ3v) is 5.81. The largest absolute Gasteiger partial charge is 0.521 e. The lowest BCUT2D eigenvalue weighted by molar-refractivity contribution is 0.0618. The van der Waals surface area contributed by atoms with Gasteiger partial charge in [-0.15, -0.1) is 0 Å². The second-order valence-electron chi connectivity index (χ2n) is 5.53. The lowest BCUT2D eigenvalue weighted by Crippen LogP contribution is -2.53. The van der Waals surface area contributed by atoms with Crippen molar-refractivity contribution in [3.63, 3.8) is 0 Å². The minimum Gasteiger partial charge on any atom is -0.376 e. The molecule has 0 aliphatic carbocycles. The van der Waals surface area contributed by atoms with Crippen molar-refractivity contribution in [2.24, 2.45) is 0 Å². The van der Waals surface area contributed by atoms with Gasteiger partial charge >= 0.3 is 8.80 Å². The quantitative estimate of drug-likeness (QED) is 0.241. The van der Waals surface area contributed by atoms with Crippen molar-refractivity contribution in [1.82, 2.24) is 0 Å². The molecule has 0 fully saturated rings. The maximum Gasteiger partial charge on any atom is 0.521 e. The molecule has 0 amide bonds. The Morgan fingerprint density at radius 2 is 1.00 bits per heavy atom. The zero-order chi connectivity index (χ0) is 19.7. The average molecular weight is 401 g/mol. The molecule has 1 aromatic rings. The van der Waals surface area contributed by atoms with Gasteiger partial charge in [0.05, 0.1) is 6.17 Å². The van der Waals surface area contributed by atoms with E-state index in [0.29, 0.717) is 19.3 Å². The Labute approximate surface area is 151 Å². The molecule has 1 rings (SSSR count). The van der Waals surface area contributed by atoms with Crippen LogP contribution in [0.4, 0.5) is 27.6 Å². The molecule has 0 aliphatic heterocycles. The van der Waals surface area contributed by atoms with Crippen LogP contribution < -0.4 is 5.32 Å². The first-order chi connectivity index (χ1) is 12.3. The van der Waals surface area contributed by atoms with Crippen molar-refractivity contribution >= 4 is 14.5 Å². The molecule has 4 nitrogen and oxygen atoms in total. The Hall–Kier alpha value is -1.23. The predicted molar refractivity (Wildman–Crippen MR) is 89.2 cm³/mol. The molecule has 0 aliphatic rings. The van der Waals surface area contributed by atoms with E-state index in [9.17, 15) is 22.0 Å². The highest BCUT2D eigenvalue weighted by atomic mass is 28.4. The fourth-order valence-corrected chi connectivity index (χ4v) is 4.50.